The smallest absolute Gasteiger partial charge is 0.171 e. The molecule has 0 saturated carbocycles. The Morgan fingerprint density at radius 3 is 2.53 bits per heavy atom. The molecule has 0 bridgehead atoms. The second kappa shape index (κ2) is 4.30. The monoisotopic (exact) mass is 265 g/mol. The molecule has 0 aromatic heterocycles. The molecular formula is C15H20FNO2. The second-order valence-electron chi connectivity index (χ2n) is 6.29. The fraction of sp³-hybridized carbons (Fsp3) is 0.533. The SMILES string of the molecule is CC1(C)CC(C(=O)c2cccc(F)c2N)C(C)(C)O1. The molecule has 4 heteroatoms. The van der Waals surface area contributed by atoms with Crippen molar-refractivity contribution in [3.63, 3.8) is 0 Å². The summed E-state index contributed by atoms with van der Waals surface area (Å²) >= 11 is 0. The first-order chi connectivity index (χ1) is 8.64. The van der Waals surface area contributed by atoms with Crippen LogP contribution in [0.1, 0.15) is 44.5 Å². The average molecular weight is 265 g/mol. The summed E-state index contributed by atoms with van der Waals surface area (Å²) in [5.41, 5.74) is 4.92. The van der Waals surface area contributed by atoms with Crippen molar-refractivity contribution in [3.05, 3.63) is 29.6 Å². The van der Waals surface area contributed by atoms with Crippen molar-refractivity contribution in [2.24, 2.45) is 5.92 Å². The Labute approximate surface area is 112 Å². The van der Waals surface area contributed by atoms with Crippen LogP contribution in [0.2, 0.25) is 0 Å². The molecule has 104 valence electrons. The highest BCUT2D eigenvalue weighted by atomic mass is 19.1. The first kappa shape index (κ1) is 14.0. The van der Waals surface area contributed by atoms with E-state index >= 15 is 0 Å². The van der Waals surface area contributed by atoms with Gasteiger partial charge in [0, 0.05) is 5.56 Å². The molecule has 0 amide bonds. The van der Waals surface area contributed by atoms with Gasteiger partial charge < -0.3 is 10.5 Å². The highest BCUT2D eigenvalue weighted by molar-refractivity contribution is 6.03. The summed E-state index contributed by atoms with van der Waals surface area (Å²) in [7, 11) is 0. The van der Waals surface area contributed by atoms with Gasteiger partial charge in [-0.15, -0.1) is 0 Å². The Hall–Kier alpha value is -1.42. The topological polar surface area (TPSA) is 52.3 Å². The number of anilines is 1. The maximum Gasteiger partial charge on any atom is 0.171 e. The maximum atomic E-state index is 13.5. The summed E-state index contributed by atoms with van der Waals surface area (Å²) in [6, 6.07) is 4.33. The number of ether oxygens (including phenoxy) is 1. The van der Waals surface area contributed by atoms with Crippen molar-refractivity contribution in [1.82, 2.24) is 0 Å². The van der Waals surface area contributed by atoms with E-state index < -0.39 is 11.4 Å². The largest absolute Gasteiger partial charge is 0.396 e. The van der Waals surface area contributed by atoms with Crippen LogP contribution in [-0.4, -0.2) is 17.0 Å². The number of carbonyl (C=O) groups excluding carboxylic acids is 1. The van der Waals surface area contributed by atoms with Crippen LogP contribution in [0.5, 0.6) is 0 Å². The zero-order valence-corrected chi connectivity index (χ0v) is 11.8. The molecule has 3 nitrogen and oxygen atoms in total. The molecule has 19 heavy (non-hydrogen) atoms. The number of Topliss-reactive ketones (excluding diaryl/α,β-unsaturated/α-hetero) is 1. The first-order valence-corrected chi connectivity index (χ1v) is 6.42. The number of rotatable bonds is 2. The van der Waals surface area contributed by atoms with Gasteiger partial charge in [-0.1, -0.05) is 6.07 Å². The minimum atomic E-state index is -0.570. The van der Waals surface area contributed by atoms with Crippen LogP contribution in [0.3, 0.4) is 0 Å². The normalized spacial score (nSPS) is 24.4. The van der Waals surface area contributed by atoms with Crippen molar-refractivity contribution in [1.29, 1.82) is 0 Å². The van der Waals surface area contributed by atoms with Gasteiger partial charge in [0.15, 0.2) is 5.78 Å². The van der Waals surface area contributed by atoms with Crippen molar-refractivity contribution >= 4 is 11.5 Å². The van der Waals surface area contributed by atoms with Gasteiger partial charge in [0.25, 0.3) is 0 Å². The number of benzene rings is 1. The van der Waals surface area contributed by atoms with Gasteiger partial charge in [0.05, 0.1) is 22.8 Å². The summed E-state index contributed by atoms with van der Waals surface area (Å²) < 4.78 is 19.4. The first-order valence-electron chi connectivity index (χ1n) is 6.42. The molecule has 1 unspecified atom stereocenters. The molecule has 1 fully saturated rings. The fourth-order valence-corrected chi connectivity index (χ4v) is 2.91. The van der Waals surface area contributed by atoms with Crippen molar-refractivity contribution in [2.45, 2.75) is 45.3 Å². The van der Waals surface area contributed by atoms with E-state index in [0.29, 0.717) is 6.42 Å². The van der Waals surface area contributed by atoms with Gasteiger partial charge in [-0.2, -0.15) is 0 Å². The number of hydrogen-bond donors (Lipinski definition) is 1. The lowest BCUT2D eigenvalue weighted by atomic mass is 9.81. The number of carbonyl (C=O) groups is 1. The number of nitrogens with two attached hydrogens (primary N) is 1. The Kier molecular flexibility index (Phi) is 3.17. The van der Waals surface area contributed by atoms with Crippen LogP contribution in [0, 0.1) is 11.7 Å². The molecule has 1 aromatic carbocycles. The Morgan fingerprint density at radius 1 is 1.37 bits per heavy atom. The fourth-order valence-electron chi connectivity index (χ4n) is 2.91. The third kappa shape index (κ3) is 2.50. The molecule has 0 radical (unpaired) electrons. The Morgan fingerprint density at radius 2 is 2.00 bits per heavy atom. The minimum absolute atomic E-state index is 0.0759. The van der Waals surface area contributed by atoms with Gasteiger partial charge in [-0.05, 0) is 46.2 Å². The van der Waals surface area contributed by atoms with Gasteiger partial charge in [-0.3, -0.25) is 4.79 Å². The predicted molar refractivity (Wildman–Crippen MR) is 72.5 cm³/mol. The van der Waals surface area contributed by atoms with Gasteiger partial charge >= 0.3 is 0 Å². The molecule has 1 heterocycles. The summed E-state index contributed by atoms with van der Waals surface area (Å²) in [5, 5.41) is 0. The maximum absolute atomic E-state index is 13.5. The standard InChI is InChI=1S/C15H20FNO2/c1-14(2)8-10(15(3,4)19-14)13(18)9-6-5-7-11(16)12(9)17/h5-7,10H,8,17H2,1-4H3. The van der Waals surface area contributed by atoms with E-state index in [1.807, 2.05) is 27.7 Å². The summed E-state index contributed by atoms with van der Waals surface area (Å²) in [6.45, 7) is 7.69. The van der Waals surface area contributed by atoms with Crippen LogP contribution < -0.4 is 5.73 Å². The van der Waals surface area contributed by atoms with E-state index in [1.54, 1.807) is 6.07 Å². The van der Waals surface area contributed by atoms with E-state index in [0.717, 1.165) is 0 Å². The third-order valence-corrected chi connectivity index (χ3v) is 3.71. The van der Waals surface area contributed by atoms with Gasteiger partial charge in [0.2, 0.25) is 0 Å². The number of hydrogen-bond acceptors (Lipinski definition) is 3. The molecule has 1 aromatic rings. The molecule has 1 aliphatic heterocycles. The number of ketones is 1. The van der Waals surface area contributed by atoms with Crippen molar-refractivity contribution in [2.75, 3.05) is 5.73 Å². The van der Waals surface area contributed by atoms with Gasteiger partial charge in [0.1, 0.15) is 5.82 Å². The summed E-state index contributed by atoms with van der Waals surface area (Å²) in [6.07, 6.45) is 0.606. The molecule has 1 saturated heterocycles. The highest BCUT2D eigenvalue weighted by Gasteiger charge is 2.49. The van der Waals surface area contributed by atoms with Crippen LogP contribution in [-0.2, 0) is 4.74 Å². The Bertz CT molecular complexity index is 523. The van der Waals surface area contributed by atoms with E-state index in [1.165, 1.54) is 12.1 Å². The number of halogens is 1. The number of nitrogen functional groups attached to an aromatic ring is 1. The van der Waals surface area contributed by atoms with E-state index in [-0.39, 0.29) is 28.6 Å². The van der Waals surface area contributed by atoms with Crippen LogP contribution in [0.4, 0.5) is 10.1 Å². The van der Waals surface area contributed by atoms with E-state index in [4.69, 9.17) is 10.5 Å². The van der Waals surface area contributed by atoms with E-state index in [9.17, 15) is 9.18 Å². The third-order valence-electron chi connectivity index (χ3n) is 3.71. The van der Waals surface area contributed by atoms with Crippen LogP contribution >= 0.6 is 0 Å². The van der Waals surface area contributed by atoms with Crippen LogP contribution in [0.15, 0.2) is 18.2 Å². The molecule has 1 atom stereocenters. The zero-order valence-electron chi connectivity index (χ0n) is 11.8. The lowest BCUT2D eigenvalue weighted by Crippen LogP contribution is -2.34. The second-order valence-corrected chi connectivity index (χ2v) is 6.29. The van der Waals surface area contributed by atoms with Crippen molar-refractivity contribution < 1.29 is 13.9 Å². The Balaban J connectivity index is 2.37. The summed E-state index contributed by atoms with van der Waals surface area (Å²) in [5.74, 6) is -1.01. The minimum Gasteiger partial charge on any atom is -0.396 e. The number of para-hydroxylation sites is 1. The molecule has 2 N–H and O–H groups in total. The molecule has 1 aliphatic rings. The molecule has 0 spiro atoms. The van der Waals surface area contributed by atoms with E-state index in [2.05, 4.69) is 0 Å². The van der Waals surface area contributed by atoms with Gasteiger partial charge in [-0.25, -0.2) is 4.39 Å². The summed E-state index contributed by atoms with van der Waals surface area (Å²) in [4.78, 5) is 12.6. The molecular weight excluding hydrogens is 245 g/mol. The predicted octanol–water partition coefficient (Wildman–Crippen LogP) is 3.18. The lowest BCUT2D eigenvalue weighted by molar-refractivity contribution is -0.0712. The lowest BCUT2D eigenvalue weighted by Gasteiger charge is -2.26. The quantitative estimate of drug-likeness (QED) is 0.660. The van der Waals surface area contributed by atoms with Crippen LogP contribution in [0.25, 0.3) is 0 Å². The zero-order chi connectivity index (χ0) is 14.4. The average Bonchev–Trinajstić information content (AvgIpc) is 2.50. The molecule has 2 rings (SSSR count). The highest BCUT2D eigenvalue weighted by Crippen LogP contribution is 2.43. The van der Waals surface area contributed by atoms with Crippen molar-refractivity contribution in [3.8, 4) is 0 Å². The molecule has 0 aliphatic carbocycles.